The van der Waals surface area contributed by atoms with Crippen molar-refractivity contribution < 1.29 is 9.53 Å². The molecule has 3 rings (SSSR count). The van der Waals surface area contributed by atoms with Crippen molar-refractivity contribution in [1.29, 1.82) is 0 Å². The van der Waals surface area contributed by atoms with Crippen LogP contribution in [0.4, 0.5) is 5.69 Å². The van der Waals surface area contributed by atoms with Gasteiger partial charge in [0, 0.05) is 22.9 Å². The van der Waals surface area contributed by atoms with Crippen molar-refractivity contribution in [3.8, 4) is 0 Å². The lowest BCUT2D eigenvalue weighted by Gasteiger charge is -2.21. The van der Waals surface area contributed by atoms with E-state index in [-0.39, 0.29) is 5.91 Å². The number of para-hydroxylation sites is 1. The summed E-state index contributed by atoms with van der Waals surface area (Å²) < 4.78 is 5.73. The van der Waals surface area contributed by atoms with Crippen LogP contribution in [0.25, 0.3) is 0 Å². The van der Waals surface area contributed by atoms with Gasteiger partial charge >= 0.3 is 0 Å². The van der Waals surface area contributed by atoms with E-state index in [9.17, 15) is 4.79 Å². The maximum Gasteiger partial charge on any atom is 0.256 e. The van der Waals surface area contributed by atoms with Crippen LogP contribution in [-0.4, -0.2) is 24.4 Å². The van der Waals surface area contributed by atoms with Gasteiger partial charge in [-0.15, -0.1) is 11.8 Å². The molecule has 150 valence electrons. The summed E-state index contributed by atoms with van der Waals surface area (Å²) in [6, 6.07) is 14.2. The fraction of sp³-hybridized carbons (Fsp3) is 0.458. The van der Waals surface area contributed by atoms with Gasteiger partial charge in [-0.05, 0) is 47.9 Å². The minimum absolute atomic E-state index is 0.0366. The van der Waals surface area contributed by atoms with Crippen LogP contribution in [0.3, 0.4) is 0 Å². The molecule has 1 atom stereocenters. The highest BCUT2D eigenvalue weighted by atomic mass is 32.2. The van der Waals surface area contributed by atoms with E-state index in [4.69, 9.17) is 4.74 Å². The number of nitrogens with one attached hydrogen (secondary N) is 1. The van der Waals surface area contributed by atoms with Crippen LogP contribution >= 0.6 is 11.8 Å². The first-order chi connectivity index (χ1) is 13.5. The number of hydrogen-bond donors (Lipinski definition) is 1. The Bertz CT molecular complexity index is 784. The van der Waals surface area contributed by atoms with E-state index in [1.165, 1.54) is 11.1 Å². The molecule has 2 aromatic carbocycles. The third-order valence-corrected chi connectivity index (χ3v) is 6.40. The molecule has 1 N–H and O–H groups in total. The Morgan fingerprint density at radius 2 is 1.75 bits per heavy atom. The van der Waals surface area contributed by atoms with E-state index in [1.54, 1.807) is 11.8 Å². The Balaban J connectivity index is 1.84. The van der Waals surface area contributed by atoms with Crippen molar-refractivity contribution in [3.63, 3.8) is 0 Å². The quantitative estimate of drug-likeness (QED) is 0.545. The fourth-order valence-corrected chi connectivity index (χ4v) is 4.73. The summed E-state index contributed by atoms with van der Waals surface area (Å²) in [5.41, 5.74) is 4.07. The van der Waals surface area contributed by atoms with Crippen molar-refractivity contribution in [3.05, 3.63) is 59.2 Å². The topological polar surface area (TPSA) is 38.3 Å². The number of benzene rings is 2. The summed E-state index contributed by atoms with van der Waals surface area (Å²) in [6.07, 6.45) is 2.55. The number of carbonyl (C=O) groups is 1. The molecule has 1 aliphatic heterocycles. The monoisotopic (exact) mass is 397 g/mol. The highest BCUT2D eigenvalue weighted by Gasteiger charge is 2.20. The third kappa shape index (κ3) is 4.98. The lowest BCUT2D eigenvalue weighted by molar-refractivity contribution is 0.102. The minimum atomic E-state index is -0.0366. The van der Waals surface area contributed by atoms with Gasteiger partial charge in [-0.25, -0.2) is 0 Å². The highest BCUT2D eigenvalue weighted by Crippen LogP contribution is 2.34. The Morgan fingerprint density at radius 3 is 2.36 bits per heavy atom. The van der Waals surface area contributed by atoms with Crippen LogP contribution in [0.2, 0.25) is 0 Å². The van der Waals surface area contributed by atoms with Gasteiger partial charge in [0.1, 0.15) is 0 Å². The molecule has 0 aromatic heterocycles. The van der Waals surface area contributed by atoms with Gasteiger partial charge in [0.05, 0.1) is 11.7 Å². The molecule has 1 amide bonds. The van der Waals surface area contributed by atoms with Crippen molar-refractivity contribution in [2.75, 3.05) is 17.7 Å². The van der Waals surface area contributed by atoms with E-state index >= 15 is 0 Å². The fourth-order valence-electron chi connectivity index (χ4n) is 3.61. The van der Waals surface area contributed by atoms with Crippen molar-refractivity contribution in [1.82, 2.24) is 0 Å². The van der Waals surface area contributed by atoms with Gasteiger partial charge in [-0.2, -0.15) is 0 Å². The normalized spacial score (nSPS) is 16.7. The molecule has 0 bridgehead atoms. The van der Waals surface area contributed by atoms with Crippen LogP contribution < -0.4 is 5.32 Å². The van der Waals surface area contributed by atoms with Gasteiger partial charge in [0.2, 0.25) is 0 Å². The summed E-state index contributed by atoms with van der Waals surface area (Å²) in [7, 11) is 0. The maximum atomic E-state index is 13.2. The average Bonchev–Trinajstić information content (AvgIpc) is 3.20. The molecule has 28 heavy (non-hydrogen) atoms. The highest BCUT2D eigenvalue weighted by molar-refractivity contribution is 7.99. The molecule has 1 saturated heterocycles. The van der Waals surface area contributed by atoms with E-state index in [1.807, 2.05) is 24.3 Å². The SMILES string of the molecule is CC(C)c1cccc(C(C)C)c1NC(=O)c1ccccc1SC[C@@H]1CCCO1. The van der Waals surface area contributed by atoms with E-state index in [2.05, 4.69) is 51.2 Å². The molecular weight excluding hydrogens is 366 g/mol. The molecule has 0 spiro atoms. The molecule has 2 aromatic rings. The minimum Gasteiger partial charge on any atom is -0.377 e. The molecule has 4 heteroatoms. The zero-order valence-corrected chi connectivity index (χ0v) is 18.1. The second-order valence-electron chi connectivity index (χ2n) is 8.02. The zero-order valence-electron chi connectivity index (χ0n) is 17.3. The number of amides is 1. The molecule has 0 radical (unpaired) electrons. The van der Waals surface area contributed by atoms with Gasteiger partial charge in [0.25, 0.3) is 5.91 Å². The summed E-state index contributed by atoms with van der Waals surface area (Å²) >= 11 is 1.72. The number of thioether (sulfide) groups is 1. The van der Waals surface area contributed by atoms with Crippen LogP contribution in [0.1, 0.15) is 73.9 Å². The van der Waals surface area contributed by atoms with Crippen LogP contribution in [-0.2, 0) is 4.74 Å². The molecule has 3 nitrogen and oxygen atoms in total. The van der Waals surface area contributed by atoms with Crippen LogP contribution in [0.5, 0.6) is 0 Å². The second kappa shape index (κ2) is 9.62. The van der Waals surface area contributed by atoms with E-state index in [0.717, 1.165) is 41.3 Å². The Morgan fingerprint density at radius 1 is 1.07 bits per heavy atom. The summed E-state index contributed by atoms with van der Waals surface area (Å²) in [6.45, 7) is 9.53. The average molecular weight is 398 g/mol. The van der Waals surface area contributed by atoms with E-state index < -0.39 is 0 Å². The Hall–Kier alpha value is -1.78. The first-order valence-corrected chi connectivity index (χ1v) is 11.2. The molecule has 1 fully saturated rings. The Labute approximate surface area is 173 Å². The first-order valence-electron chi connectivity index (χ1n) is 10.2. The number of carbonyl (C=O) groups excluding carboxylic acids is 1. The molecule has 0 saturated carbocycles. The van der Waals surface area contributed by atoms with E-state index in [0.29, 0.717) is 17.9 Å². The second-order valence-corrected chi connectivity index (χ2v) is 9.08. The lowest BCUT2D eigenvalue weighted by Crippen LogP contribution is -2.17. The number of rotatable bonds is 7. The summed E-state index contributed by atoms with van der Waals surface area (Å²) in [4.78, 5) is 14.2. The molecule has 0 unspecified atom stereocenters. The molecule has 0 aliphatic carbocycles. The number of anilines is 1. The largest absolute Gasteiger partial charge is 0.377 e. The predicted molar refractivity (Wildman–Crippen MR) is 119 cm³/mol. The third-order valence-electron chi connectivity index (χ3n) is 5.19. The lowest BCUT2D eigenvalue weighted by atomic mass is 9.92. The molecule has 1 heterocycles. The standard InChI is InChI=1S/C24H31NO2S/c1-16(2)19-11-7-12-20(17(3)4)23(19)25-24(26)21-10-5-6-13-22(21)28-15-18-9-8-14-27-18/h5-7,10-13,16-18H,8-9,14-15H2,1-4H3,(H,25,26)/t18-/m0/s1. The predicted octanol–water partition coefficient (Wildman–Crippen LogP) is 6.46. The van der Waals surface area contributed by atoms with Crippen LogP contribution in [0, 0.1) is 0 Å². The van der Waals surface area contributed by atoms with Gasteiger partial charge < -0.3 is 10.1 Å². The van der Waals surface area contributed by atoms with Crippen LogP contribution in [0.15, 0.2) is 47.4 Å². The van der Waals surface area contributed by atoms with Gasteiger partial charge in [-0.1, -0.05) is 58.0 Å². The molecule has 1 aliphatic rings. The Kier molecular flexibility index (Phi) is 7.19. The first kappa shape index (κ1) is 20.9. The zero-order chi connectivity index (χ0) is 20.1. The summed E-state index contributed by atoms with van der Waals surface area (Å²) in [5, 5.41) is 3.24. The smallest absolute Gasteiger partial charge is 0.256 e. The molecular formula is C24H31NO2S. The van der Waals surface area contributed by atoms with Gasteiger partial charge in [0.15, 0.2) is 0 Å². The van der Waals surface area contributed by atoms with Crippen molar-refractivity contribution in [2.24, 2.45) is 0 Å². The number of ether oxygens (including phenoxy) is 1. The van der Waals surface area contributed by atoms with Crippen molar-refractivity contribution in [2.45, 2.75) is 63.4 Å². The maximum absolute atomic E-state index is 13.2. The van der Waals surface area contributed by atoms with Gasteiger partial charge in [-0.3, -0.25) is 4.79 Å². The summed E-state index contributed by atoms with van der Waals surface area (Å²) in [5.74, 6) is 1.55. The number of hydrogen-bond acceptors (Lipinski definition) is 3. The van der Waals surface area contributed by atoms with Crippen molar-refractivity contribution >= 4 is 23.4 Å².